The summed E-state index contributed by atoms with van der Waals surface area (Å²) in [5, 5.41) is 7.63. The van der Waals surface area contributed by atoms with Gasteiger partial charge in [0, 0.05) is 5.75 Å². The molecular weight excluding hydrogens is 439 g/mol. The van der Waals surface area contributed by atoms with E-state index in [0.29, 0.717) is 33.2 Å². The number of carbonyl (C=O) groups excluding carboxylic acids is 2. The van der Waals surface area contributed by atoms with Crippen LogP contribution in [-0.4, -0.2) is 56.7 Å². The Morgan fingerprint density at radius 2 is 2.00 bits per heavy atom. The number of benzene rings is 1. The Bertz CT molecular complexity index is 656. The van der Waals surface area contributed by atoms with Crippen LogP contribution in [0.25, 0.3) is 0 Å². The molecule has 0 unspecified atom stereocenters. The van der Waals surface area contributed by atoms with Gasteiger partial charge in [0.2, 0.25) is 0 Å². The van der Waals surface area contributed by atoms with Gasteiger partial charge in [0.15, 0.2) is 0 Å². The van der Waals surface area contributed by atoms with E-state index < -0.39 is 0 Å². The minimum atomic E-state index is -0.0724. The first-order chi connectivity index (χ1) is 13.6. The summed E-state index contributed by atoms with van der Waals surface area (Å²) >= 11 is 2.44. The average Bonchev–Trinajstić information content (AvgIpc) is 3.22. The fourth-order valence-electron chi connectivity index (χ4n) is 3.54. The molecule has 2 aliphatic rings. The summed E-state index contributed by atoms with van der Waals surface area (Å²) in [4.78, 5) is 23.2. The van der Waals surface area contributed by atoms with Crippen LogP contribution >= 0.6 is 11.8 Å². The van der Waals surface area contributed by atoms with Crippen molar-refractivity contribution in [1.29, 1.82) is 0 Å². The third kappa shape index (κ3) is 6.71. The summed E-state index contributed by atoms with van der Waals surface area (Å²) < 4.78 is 6.80. The van der Waals surface area contributed by atoms with Crippen molar-refractivity contribution in [1.82, 2.24) is 10.6 Å². The molecule has 28 heavy (non-hydrogen) atoms. The molecule has 0 aliphatic carbocycles. The summed E-state index contributed by atoms with van der Waals surface area (Å²) in [5.74, 6) is 0.915. The first kappa shape index (κ1) is 21.5. The van der Waals surface area contributed by atoms with Gasteiger partial charge < -0.3 is 10.6 Å². The van der Waals surface area contributed by atoms with E-state index >= 15 is 0 Å². The van der Waals surface area contributed by atoms with E-state index in [1.165, 1.54) is 15.3 Å². The maximum atomic E-state index is 11.9. The van der Waals surface area contributed by atoms with Crippen molar-refractivity contribution >= 4 is 43.2 Å². The molecule has 2 saturated heterocycles. The number of carbonyl (C=O) groups is 2. The number of urea groups is 1. The second-order valence-electron chi connectivity index (χ2n) is 7.46. The van der Waals surface area contributed by atoms with E-state index in [0.717, 1.165) is 37.9 Å². The van der Waals surface area contributed by atoms with Gasteiger partial charge in [0.05, 0.1) is 6.04 Å². The van der Waals surface area contributed by atoms with Gasteiger partial charge in [-0.1, -0.05) is 0 Å². The van der Waals surface area contributed by atoms with Crippen LogP contribution in [0.2, 0.25) is 5.32 Å². The number of thioether (sulfide) groups is 1. The maximum absolute atomic E-state index is 11.9. The van der Waals surface area contributed by atoms with Gasteiger partial charge in [0.25, 0.3) is 0 Å². The summed E-state index contributed by atoms with van der Waals surface area (Å²) in [6.07, 6.45) is 5.48. The standard InChI is InChI=1S/C21H30N2O3SSe/c1-15-8-10-16(11-9-15)28-13-5-4-12-26-19(24)7-3-2-6-18-20-17(14-27-18)22-21(25)23-20/h8-11,17-18,20H,2-7,12-14H2,1H3,(H2,22,23,25)/t17-,18-,20-/m0/s1. The SMILES string of the molecule is Cc1ccc([Se]CCCCOC(=O)CCCC[C@@H]2SC[C@@H]3NC(=O)N[C@@H]32)cc1. The molecule has 3 rings (SSSR count). The van der Waals surface area contributed by atoms with Crippen molar-refractivity contribution in [3.05, 3.63) is 29.8 Å². The molecule has 2 heterocycles. The van der Waals surface area contributed by atoms with E-state index in [-0.39, 0.29) is 24.1 Å². The molecule has 0 bridgehead atoms. The third-order valence-electron chi connectivity index (χ3n) is 5.15. The number of hydrogen-bond donors (Lipinski definition) is 2. The molecule has 5 nitrogen and oxygen atoms in total. The summed E-state index contributed by atoms with van der Waals surface area (Å²) in [6.45, 7) is 2.66. The molecule has 0 spiro atoms. The normalized spacial score (nSPS) is 23.2. The molecule has 154 valence electrons. The van der Waals surface area contributed by atoms with Gasteiger partial charge in [-0.15, -0.1) is 0 Å². The fraction of sp³-hybridized carbons (Fsp3) is 0.619. The number of nitrogens with one attached hydrogen (secondary N) is 2. The number of rotatable bonds is 11. The molecule has 2 N–H and O–H groups in total. The quantitative estimate of drug-likeness (QED) is 0.226. The third-order valence-corrected chi connectivity index (χ3v) is 8.96. The summed E-state index contributed by atoms with van der Waals surface area (Å²) in [7, 11) is 0. The van der Waals surface area contributed by atoms with Crippen molar-refractivity contribution in [2.45, 2.75) is 68.1 Å². The van der Waals surface area contributed by atoms with Crippen molar-refractivity contribution in [2.75, 3.05) is 12.4 Å². The van der Waals surface area contributed by atoms with Crippen molar-refractivity contribution < 1.29 is 14.3 Å². The summed E-state index contributed by atoms with van der Waals surface area (Å²) in [5.41, 5.74) is 1.31. The minimum absolute atomic E-state index is 0.0380. The molecule has 7 heteroatoms. The molecule has 1 aromatic carbocycles. The van der Waals surface area contributed by atoms with Crippen molar-refractivity contribution in [3.8, 4) is 0 Å². The Labute approximate surface area is 178 Å². The Kier molecular flexibility index (Phi) is 8.56. The molecule has 0 aromatic heterocycles. The average molecular weight is 470 g/mol. The van der Waals surface area contributed by atoms with Crippen LogP contribution in [0.3, 0.4) is 0 Å². The Hall–Kier alpha value is -1.17. The van der Waals surface area contributed by atoms with Gasteiger partial charge >= 0.3 is 151 Å². The molecule has 2 amide bonds. The monoisotopic (exact) mass is 470 g/mol. The van der Waals surface area contributed by atoms with Crippen LogP contribution in [0, 0.1) is 6.92 Å². The topological polar surface area (TPSA) is 67.4 Å². The molecule has 0 radical (unpaired) electrons. The fourth-order valence-corrected chi connectivity index (χ4v) is 7.00. The number of unbranched alkanes of at least 4 members (excludes halogenated alkanes) is 2. The van der Waals surface area contributed by atoms with E-state index in [4.69, 9.17) is 4.74 Å². The van der Waals surface area contributed by atoms with Crippen LogP contribution in [0.1, 0.15) is 44.1 Å². The van der Waals surface area contributed by atoms with E-state index in [1.54, 1.807) is 0 Å². The Morgan fingerprint density at radius 3 is 2.82 bits per heavy atom. The molecule has 2 aliphatic heterocycles. The van der Waals surface area contributed by atoms with Gasteiger partial charge in [-0.05, 0) is 0 Å². The van der Waals surface area contributed by atoms with Crippen LogP contribution in [-0.2, 0) is 9.53 Å². The zero-order valence-electron chi connectivity index (χ0n) is 16.4. The second kappa shape index (κ2) is 11.1. The zero-order valence-corrected chi connectivity index (χ0v) is 19.0. The van der Waals surface area contributed by atoms with Crippen LogP contribution in [0.15, 0.2) is 24.3 Å². The Balaban J connectivity index is 1.16. The number of aryl methyl sites for hydroxylation is 1. The van der Waals surface area contributed by atoms with Crippen LogP contribution in [0.4, 0.5) is 4.79 Å². The van der Waals surface area contributed by atoms with E-state index in [2.05, 4.69) is 41.8 Å². The van der Waals surface area contributed by atoms with Gasteiger partial charge in [-0.3, -0.25) is 0 Å². The van der Waals surface area contributed by atoms with E-state index in [9.17, 15) is 9.59 Å². The van der Waals surface area contributed by atoms with Gasteiger partial charge in [-0.25, -0.2) is 4.79 Å². The van der Waals surface area contributed by atoms with Crippen molar-refractivity contribution in [3.63, 3.8) is 0 Å². The van der Waals surface area contributed by atoms with Crippen LogP contribution < -0.4 is 15.1 Å². The van der Waals surface area contributed by atoms with Crippen molar-refractivity contribution in [2.24, 2.45) is 0 Å². The predicted octanol–water partition coefficient (Wildman–Crippen LogP) is 2.79. The molecule has 1 aromatic rings. The molecule has 3 atom stereocenters. The number of fused-ring (bicyclic) bond motifs is 1. The first-order valence-electron chi connectivity index (χ1n) is 10.2. The molecule has 2 fully saturated rings. The van der Waals surface area contributed by atoms with Gasteiger partial charge in [-0.2, -0.15) is 0 Å². The Morgan fingerprint density at radius 1 is 1.18 bits per heavy atom. The number of hydrogen-bond acceptors (Lipinski definition) is 4. The molecule has 0 saturated carbocycles. The summed E-state index contributed by atoms with van der Waals surface area (Å²) in [6, 6.07) is 9.27. The first-order valence-corrected chi connectivity index (χ1v) is 13.3. The number of ether oxygens (including phenoxy) is 1. The van der Waals surface area contributed by atoms with Gasteiger partial charge in [0.1, 0.15) is 0 Å². The predicted molar refractivity (Wildman–Crippen MR) is 116 cm³/mol. The zero-order chi connectivity index (χ0) is 19.8. The molecular formula is C21H30N2O3SSe. The van der Waals surface area contributed by atoms with E-state index in [1.807, 2.05) is 11.8 Å². The second-order valence-corrected chi connectivity index (χ2v) is 11.2. The van der Waals surface area contributed by atoms with Crippen LogP contribution in [0.5, 0.6) is 0 Å². The number of amides is 2. The number of esters is 1.